The van der Waals surface area contributed by atoms with E-state index in [0.717, 1.165) is 11.1 Å². The summed E-state index contributed by atoms with van der Waals surface area (Å²) in [6.45, 7) is 0.563. The van der Waals surface area contributed by atoms with Gasteiger partial charge >= 0.3 is 0 Å². The Kier molecular flexibility index (Phi) is 4.47. The monoisotopic (exact) mass is 429 g/mol. The Balaban J connectivity index is 1.83. The van der Waals surface area contributed by atoms with Crippen molar-refractivity contribution in [3.8, 4) is 11.4 Å². The lowest BCUT2D eigenvalue weighted by atomic mass is 10.2. The predicted molar refractivity (Wildman–Crippen MR) is 93.7 cm³/mol. The zero-order chi connectivity index (χ0) is 14.8. The van der Waals surface area contributed by atoms with Gasteiger partial charge in [0, 0.05) is 19.2 Å². The van der Waals surface area contributed by atoms with Crippen LogP contribution in [0.1, 0.15) is 5.56 Å². The maximum atomic E-state index is 6.17. The largest absolute Gasteiger partial charge is 0.248 e. The molecule has 6 heteroatoms. The molecule has 3 rings (SSSR count). The summed E-state index contributed by atoms with van der Waals surface area (Å²) >= 11 is 14.3. The number of hydrogen-bond acceptors (Lipinski definition) is 2. The van der Waals surface area contributed by atoms with Crippen molar-refractivity contribution in [3.05, 3.63) is 68.0 Å². The second-order valence-corrected chi connectivity index (χ2v) is 6.60. The van der Waals surface area contributed by atoms with Crippen LogP contribution in [0.4, 0.5) is 0 Å². The molecule has 0 unspecified atom stereocenters. The van der Waals surface area contributed by atoms with Gasteiger partial charge in [-0.3, -0.25) is 0 Å². The first kappa shape index (κ1) is 14.8. The summed E-state index contributed by atoms with van der Waals surface area (Å²) in [5, 5.41) is 5.74. The lowest BCUT2D eigenvalue weighted by Gasteiger charge is -2.04. The van der Waals surface area contributed by atoms with Gasteiger partial charge in [0.05, 0.1) is 6.54 Å². The Hall–Kier alpha value is -1.11. The molecule has 0 saturated carbocycles. The zero-order valence-electron chi connectivity index (χ0n) is 10.8. The molecule has 3 nitrogen and oxygen atoms in total. The van der Waals surface area contributed by atoms with Crippen molar-refractivity contribution in [1.82, 2.24) is 14.8 Å². The Morgan fingerprint density at radius 1 is 1.05 bits per heavy atom. The molecule has 2 aromatic carbocycles. The number of benzene rings is 2. The van der Waals surface area contributed by atoms with Gasteiger partial charge in [-0.2, -0.15) is 5.10 Å². The smallest absolute Gasteiger partial charge is 0.181 e. The number of hydrogen-bond donors (Lipinski definition) is 0. The minimum atomic E-state index is 0.563. The van der Waals surface area contributed by atoms with Gasteiger partial charge in [0.15, 0.2) is 5.82 Å². The van der Waals surface area contributed by atoms with Crippen molar-refractivity contribution in [2.24, 2.45) is 0 Å². The number of rotatable bonds is 3. The summed E-state index contributed by atoms with van der Waals surface area (Å²) in [6.07, 6.45) is 1.71. The van der Waals surface area contributed by atoms with Gasteiger partial charge in [-0.1, -0.05) is 41.4 Å². The third-order valence-corrected chi connectivity index (χ3v) is 4.29. The molecule has 0 aliphatic rings. The highest BCUT2D eigenvalue weighted by atomic mass is 127. The van der Waals surface area contributed by atoms with Gasteiger partial charge in [-0.15, -0.1) is 0 Å². The van der Waals surface area contributed by atoms with Gasteiger partial charge in [-0.05, 0) is 52.4 Å². The fourth-order valence-electron chi connectivity index (χ4n) is 1.93. The molecule has 0 saturated heterocycles. The minimum absolute atomic E-state index is 0.563. The van der Waals surface area contributed by atoms with Crippen molar-refractivity contribution in [2.75, 3.05) is 0 Å². The van der Waals surface area contributed by atoms with E-state index < -0.39 is 0 Å². The van der Waals surface area contributed by atoms with Crippen LogP contribution in [0.3, 0.4) is 0 Å². The highest BCUT2D eigenvalue weighted by Crippen LogP contribution is 2.22. The SMILES string of the molecule is Clc1ccc(Cn2cnc(-c3ccc(I)cc3)n2)c(Cl)c1. The summed E-state index contributed by atoms with van der Waals surface area (Å²) < 4.78 is 2.95. The van der Waals surface area contributed by atoms with Gasteiger partial charge in [0.1, 0.15) is 6.33 Å². The highest BCUT2D eigenvalue weighted by molar-refractivity contribution is 14.1. The Labute approximate surface area is 146 Å². The van der Waals surface area contributed by atoms with E-state index in [1.807, 2.05) is 36.4 Å². The lowest BCUT2D eigenvalue weighted by molar-refractivity contribution is 0.687. The van der Waals surface area contributed by atoms with Gasteiger partial charge in [0.2, 0.25) is 0 Å². The average molecular weight is 430 g/mol. The van der Waals surface area contributed by atoms with Crippen LogP contribution >= 0.6 is 45.8 Å². The van der Waals surface area contributed by atoms with Crippen LogP contribution in [0.15, 0.2) is 48.8 Å². The van der Waals surface area contributed by atoms with Crippen molar-refractivity contribution in [3.63, 3.8) is 0 Å². The Bertz CT molecular complexity index is 769. The fraction of sp³-hybridized carbons (Fsp3) is 0.0667. The predicted octanol–water partition coefficient (Wildman–Crippen LogP) is 4.90. The normalized spacial score (nSPS) is 10.8. The molecule has 0 aliphatic heterocycles. The lowest BCUT2D eigenvalue weighted by Crippen LogP contribution is -2.01. The number of nitrogens with zero attached hydrogens (tertiary/aromatic N) is 3. The van der Waals surface area contributed by atoms with E-state index in [9.17, 15) is 0 Å². The van der Waals surface area contributed by atoms with Crippen LogP contribution in [0.25, 0.3) is 11.4 Å². The van der Waals surface area contributed by atoms with E-state index in [1.165, 1.54) is 3.57 Å². The van der Waals surface area contributed by atoms with E-state index in [1.54, 1.807) is 17.1 Å². The first-order chi connectivity index (χ1) is 10.1. The van der Waals surface area contributed by atoms with Crippen LogP contribution in [0.5, 0.6) is 0 Å². The molecule has 106 valence electrons. The van der Waals surface area contributed by atoms with E-state index in [2.05, 4.69) is 32.7 Å². The first-order valence-electron chi connectivity index (χ1n) is 6.21. The van der Waals surface area contributed by atoms with E-state index in [4.69, 9.17) is 23.2 Å². The molecule has 21 heavy (non-hydrogen) atoms. The average Bonchev–Trinajstić information content (AvgIpc) is 2.91. The molecule has 0 radical (unpaired) electrons. The summed E-state index contributed by atoms with van der Waals surface area (Å²) in [5.41, 5.74) is 1.96. The standard InChI is InChI=1S/C15H10Cl2IN3/c16-12-4-1-11(14(17)7-12)8-21-9-19-15(20-21)10-2-5-13(18)6-3-10/h1-7,9H,8H2. The molecule has 0 spiro atoms. The third-order valence-electron chi connectivity index (χ3n) is 2.99. The minimum Gasteiger partial charge on any atom is -0.248 e. The number of aromatic nitrogens is 3. The van der Waals surface area contributed by atoms with Crippen molar-refractivity contribution in [2.45, 2.75) is 6.54 Å². The van der Waals surface area contributed by atoms with Crippen LogP contribution in [-0.4, -0.2) is 14.8 Å². The second kappa shape index (κ2) is 6.34. The molecule has 0 N–H and O–H groups in total. The fourth-order valence-corrected chi connectivity index (χ4v) is 2.75. The quantitative estimate of drug-likeness (QED) is 0.554. The molecule has 1 heterocycles. The third kappa shape index (κ3) is 3.56. The summed E-state index contributed by atoms with van der Waals surface area (Å²) in [5.74, 6) is 0.705. The van der Waals surface area contributed by atoms with Crippen molar-refractivity contribution < 1.29 is 0 Å². The van der Waals surface area contributed by atoms with Gasteiger partial charge in [-0.25, -0.2) is 9.67 Å². The molecule has 3 aromatic rings. The Morgan fingerprint density at radius 3 is 2.52 bits per heavy atom. The molecular formula is C15H10Cl2IN3. The summed E-state index contributed by atoms with van der Waals surface area (Å²) in [6, 6.07) is 13.5. The molecule has 0 atom stereocenters. The number of halogens is 3. The van der Waals surface area contributed by atoms with E-state index >= 15 is 0 Å². The van der Waals surface area contributed by atoms with Crippen LogP contribution < -0.4 is 0 Å². The summed E-state index contributed by atoms with van der Waals surface area (Å²) in [4.78, 5) is 4.34. The Morgan fingerprint density at radius 2 is 1.81 bits per heavy atom. The van der Waals surface area contributed by atoms with Crippen molar-refractivity contribution in [1.29, 1.82) is 0 Å². The van der Waals surface area contributed by atoms with E-state index in [-0.39, 0.29) is 0 Å². The van der Waals surface area contributed by atoms with Crippen LogP contribution in [-0.2, 0) is 6.54 Å². The van der Waals surface area contributed by atoms with Crippen LogP contribution in [0.2, 0.25) is 10.0 Å². The zero-order valence-corrected chi connectivity index (χ0v) is 14.5. The molecule has 0 amide bonds. The summed E-state index contributed by atoms with van der Waals surface area (Å²) in [7, 11) is 0. The topological polar surface area (TPSA) is 30.7 Å². The molecule has 0 bridgehead atoms. The molecule has 0 fully saturated rings. The van der Waals surface area contributed by atoms with Crippen molar-refractivity contribution >= 4 is 45.8 Å². The van der Waals surface area contributed by atoms with E-state index in [0.29, 0.717) is 22.4 Å². The molecule has 0 aliphatic carbocycles. The van der Waals surface area contributed by atoms with Crippen LogP contribution in [0, 0.1) is 3.57 Å². The molecule has 1 aromatic heterocycles. The first-order valence-corrected chi connectivity index (χ1v) is 8.04. The maximum Gasteiger partial charge on any atom is 0.181 e. The van der Waals surface area contributed by atoms with Gasteiger partial charge < -0.3 is 0 Å². The molecular weight excluding hydrogens is 420 g/mol. The second-order valence-electron chi connectivity index (χ2n) is 4.51. The maximum absolute atomic E-state index is 6.17. The van der Waals surface area contributed by atoms with Gasteiger partial charge in [0.25, 0.3) is 0 Å². The highest BCUT2D eigenvalue weighted by Gasteiger charge is 2.07.